The van der Waals surface area contributed by atoms with Gasteiger partial charge in [0.1, 0.15) is 16.8 Å². The fourth-order valence-electron chi connectivity index (χ4n) is 1.08. The zero-order chi connectivity index (χ0) is 9.42. The summed E-state index contributed by atoms with van der Waals surface area (Å²) in [4.78, 5) is 11.8. The summed E-state index contributed by atoms with van der Waals surface area (Å²) < 4.78 is 0.518. The summed E-state index contributed by atoms with van der Waals surface area (Å²) in [5, 5.41) is 7.05. The number of halogens is 1. The highest BCUT2D eigenvalue weighted by molar-refractivity contribution is 9.18. The standard InChI is InChI=1S/C7H4BrN5/c8-5-3(1-9)4-6(10)11-2-12-7(4)13-5/h2,9H,(H2,10,11,12). The molecule has 0 bridgehead atoms. The van der Waals surface area contributed by atoms with E-state index in [0.717, 1.165) is 0 Å². The van der Waals surface area contributed by atoms with Crippen molar-refractivity contribution >= 4 is 43.6 Å². The lowest BCUT2D eigenvalue weighted by atomic mass is 10.2. The highest BCUT2D eigenvalue weighted by atomic mass is 79.9. The molecule has 1 aliphatic rings. The summed E-state index contributed by atoms with van der Waals surface area (Å²) in [7, 11) is 0. The predicted octanol–water partition coefficient (Wildman–Crippen LogP) is 1.13. The summed E-state index contributed by atoms with van der Waals surface area (Å²) in [6.07, 6.45) is 1.34. The van der Waals surface area contributed by atoms with Crippen molar-refractivity contribution in [2.75, 3.05) is 5.73 Å². The first-order valence-electron chi connectivity index (χ1n) is 3.39. The maximum atomic E-state index is 7.05. The molecule has 2 rings (SSSR count). The van der Waals surface area contributed by atoms with Gasteiger partial charge in [-0.25, -0.2) is 15.0 Å². The van der Waals surface area contributed by atoms with Crippen molar-refractivity contribution < 1.29 is 0 Å². The quantitative estimate of drug-likeness (QED) is 0.664. The molecule has 0 aliphatic carbocycles. The lowest BCUT2D eigenvalue weighted by Gasteiger charge is -1.98. The molecule has 0 fully saturated rings. The molecule has 5 nitrogen and oxygen atoms in total. The topological polar surface area (TPSA) is 88.0 Å². The minimum Gasteiger partial charge on any atom is -0.383 e. The molecule has 0 saturated carbocycles. The van der Waals surface area contributed by atoms with E-state index in [0.29, 0.717) is 27.4 Å². The van der Waals surface area contributed by atoms with E-state index in [1.165, 1.54) is 6.33 Å². The van der Waals surface area contributed by atoms with Gasteiger partial charge >= 0.3 is 0 Å². The molecule has 64 valence electrons. The lowest BCUT2D eigenvalue weighted by Crippen LogP contribution is -1.97. The number of nitrogens with zero attached hydrogens (tertiary/aromatic N) is 3. The van der Waals surface area contributed by atoms with Crippen LogP contribution in [0, 0.1) is 5.41 Å². The van der Waals surface area contributed by atoms with Crippen LogP contribution in [0.1, 0.15) is 5.56 Å². The second-order valence-corrected chi connectivity index (χ2v) is 3.11. The predicted molar refractivity (Wildman–Crippen MR) is 53.6 cm³/mol. The molecule has 1 aromatic heterocycles. The smallest absolute Gasteiger partial charge is 0.167 e. The van der Waals surface area contributed by atoms with Crippen LogP contribution in [-0.4, -0.2) is 20.5 Å². The molecule has 3 N–H and O–H groups in total. The summed E-state index contributed by atoms with van der Waals surface area (Å²) in [6.45, 7) is 0. The average Bonchev–Trinajstić information content (AvgIpc) is 2.42. The number of hydrogen-bond donors (Lipinski definition) is 2. The molecule has 0 atom stereocenters. The van der Waals surface area contributed by atoms with Crippen LogP contribution in [0.3, 0.4) is 0 Å². The van der Waals surface area contributed by atoms with Gasteiger partial charge in [-0.15, -0.1) is 0 Å². The third-order valence-corrected chi connectivity index (χ3v) is 2.22. The Morgan fingerprint density at radius 2 is 2.23 bits per heavy atom. The number of aliphatic imine (C=N–C) groups is 1. The van der Waals surface area contributed by atoms with Gasteiger partial charge in [0.2, 0.25) is 0 Å². The number of anilines is 1. The number of allylic oxidation sites excluding steroid dienone is 1. The third-order valence-electron chi connectivity index (χ3n) is 1.64. The molecule has 0 unspecified atom stereocenters. The summed E-state index contributed by atoms with van der Waals surface area (Å²) in [5.74, 6) is 3.04. The van der Waals surface area contributed by atoms with Crippen LogP contribution in [0.4, 0.5) is 11.6 Å². The summed E-state index contributed by atoms with van der Waals surface area (Å²) in [6, 6.07) is 0. The number of fused-ring (bicyclic) bond motifs is 1. The van der Waals surface area contributed by atoms with Gasteiger partial charge in [-0.3, -0.25) is 5.41 Å². The van der Waals surface area contributed by atoms with E-state index < -0.39 is 0 Å². The Morgan fingerprint density at radius 1 is 1.46 bits per heavy atom. The van der Waals surface area contributed by atoms with E-state index in [9.17, 15) is 0 Å². The van der Waals surface area contributed by atoms with E-state index >= 15 is 0 Å². The molecule has 1 aromatic rings. The third kappa shape index (κ3) is 1.07. The van der Waals surface area contributed by atoms with Crippen LogP contribution < -0.4 is 5.73 Å². The van der Waals surface area contributed by atoms with Crippen molar-refractivity contribution in [1.82, 2.24) is 9.97 Å². The van der Waals surface area contributed by atoms with Gasteiger partial charge in [0.15, 0.2) is 5.82 Å². The Kier molecular flexibility index (Phi) is 1.72. The Morgan fingerprint density at radius 3 is 2.92 bits per heavy atom. The Labute approximate surface area is 82.1 Å². The van der Waals surface area contributed by atoms with Crippen LogP contribution in [0.15, 0.2) is 11.3 Å². The van der Waals surface area contributed by atoms with Crippen molar-refractivity contribution in [3.8, 4) is 0 Å². The molecule has 0 aromatic carbocycles. The Hall–Kier alpha value is -1.52. The van der Waals surface area contributed by atoms with E-state index in [4.69, 9.17) is 11.1 Å². The molecule has 0 saturated heterocycles. The van der Waals surface area contributed by atoms with Crippen molar-refractivity contribution in [1.29, 1.82) is 5.41 Å². The molecular weight excluding hydrogens is 234 g/mol. The van der Waals surface area contributed by atoms with E-state index in [1.807, 2.05) is 0 Å². The molecule has 0 spiro atoms. The van der Waals surface area contributed by atoms with Crippen LogP contribution >= 0.6 is 15.9 Å². The zero-order valence-corrected chi connectivity index (χ0v) is 7.96. The summed E-state index contributed by atoms with van der Waals surface area (Å²) in [5.41, 5.74) is 6.68. The zero-order valence-electron chi connectivity index (χ0n) is 6.37. The van der Waals surface area contributed by atoms with Crippen LogP contribution in [-0.2, 0) is 0 Å². The fourth-order valence-corrected chi connectivity index (χ4v) is 1.55. The molecule has 0 radical (unpaired) electrons. The van der Waals surface area contributed by atoms with Crippen molar-refractivity contribution in [3.05, 3.63) is 11.9 Å². The molecule has 0 amide bonds. The van der Waals surface area contributed by atoms with Crippen LogP contribution in [0.25, 0.3) is 5.57 Å². The molecule has 2 heterocycles. The minimum atomic E-state index is 0.318. The maximum Gasteiger partial charge on any atom is 0.167 e. The summed E-state index contributed by atoms with van der Waals surface area (Å²) >= 11 is 3.19. The SMILES string of the molecule is N=C=C1C(Br)=Nc2ncnc(N)c21. The largest absolute Gasteiger partial charge is 0.383 e. The lowest BCUT2D eigenvalue weighted by molar-refractivity contribution is 1.16. The molecule has 13 heavy (non-hydrogen) atoms. The number of rotatable bonds is 0. The van der Waals surface area contributed by atoms with E-state index in [-0.39, 0.29) is 0 Å². The van der Waals surface area contributed by atoms with Crippen LogP contribution in [0.5, 0.6) is 0 Å². The van der Waals surface area contributed by atoms with Gasteiger partial charge < -0.3 is 5.73 Å². The van der Waals surface area contributed by atoms with Gasteiger partial charge in [-0.1, -0.05) is 0 Å². The highest BCUT2D eigenvalue weighted by Gasteiger charge is 2.23. The first kappa shape index (κ1) is 8.10. The van der Waals surface area contributed by atoms with Crippen LogP contribution in [0.2, 0.25) is 0 Å². The number of nitrogen functional groups attached to an aromatic ring is 1. The normalized spacial score (nSPS) is 13.6. The fraction of sp³-hybridized carbons (Fsp3) is 0. The van der Waals surface area contributed by atoms with E-state index in [1.54, 1.807) is 0 Å². The second-order valence-electron chi connectivity index (χ2n) is 2.36. The molecule has 6 heteroatoms. The first-order valence-corrected chi connectivity index (χ1v) is 4.18. The van der Waals surface area contributed by atoms with Gasteiger partial charge in [0.25, 0.3) is 0 Å². The first-order chi connectivity index (χ1) is 6.24. The van der Waals surface area contributed by atoms with Gasteiger partial charge in [0, 0.05) is 0 Å². The number of aromatic nitrogens is 2. The number of nitrogens with two attached hydrogens (primary N) is 1. The minimum absolute atomic E-state index is 0.318. The van der Waals surface area contributed by atoms with Gasteiger partial charge in [0.05, 0.1) is 11.1 Å². The van der Waals surface area contributed by atoms with Gasteiger partial charge in [-0.05, 0) is 21.8 Å². The van der Waals surface area contributed by atoms with Gasteiger partial charge in [-0.2, -0.15) is 0 Å². The Bertz CT molecular complexity index is 458. The number of hydrogen-bond acceptors (Lipinski definition) is 5. The molecule has 1 aliphatic heterocycles. The second kappa shape index (κ2) is 2.76. The molecular formula is C7H4BrN5. The van der Waals surface area contributed by atoms with Crippen molar-refractivity contribution in [2.24, 2.45) is 4.99 Å². The number of nitrogens with one attached hydrogen (secondary N) is 1. The van der Waals surface area contributed by atoms with E-state index in [2.05, 4.69) is 36.8 Å². The van der Waals surface area contributed by atoms with Crippen molar-refractivity contribution in [3.63, 3.8) is 0 Å². The van der Waals surface area contributed by atoms with Crippen molar-refractivity contribution in [2.45, 2.75) is 0 Å². The monoisotopic (exact) mass is 237 g/mol. The average molecular weight is 238 g/mol. The Balaban J connectivity index is 2.79. The highest BCUT2D eigenvalue weighted by Crippen LogP contribution is 2.35. The maximum absolute atomic E-state index is 7.05.